The number of fused-ring (bicyclic) bond motifs is 3. The normalized spacial score (nSPS) is 25.1. The number of ether oxygens (including phenoxy) is 1. The molecular weight excluding hydrogens is 565 g/mol. The zero-order valence-corrected chi connectivity index (χ0v) is 23.3. The summed E-state index contributed by atoms with van der Waals surface area (Å²) in [6.07, 6.45) is 2.08. The maximum absolute atomic E-state index is 13.3. The molecule has 3 aliphatic rings. The first-order valence-corrected chi connectivity index (χ1v) is 13.7. The van der Waals surface area contributed by atoms with Gasteiger partial charge in [0.25, 0.3) is 0 Å². The summed E-state index contributed by atoms with van der Waals surface area (Å²) in [5, 5.41) is 21.1. The van der Waals surface area contributed by atoms with Crippen LogP contribution < -0.4 is 0 Å². The van der Waals surface area contributed by atoms with Crippen molar-refractivity contribution in [2.45, 2.75) is 38.6 Å². The molecule has 2 N–H and O–H groups in total. The Balaban J connectivity index is 1.45. The monoisotopic (exact) mass is 593 g/mol. The van der Waals surface area contributed by atoms with Gasteiger partial charge in [0.05, 0.1) is 25.0 Å². The highest BCUT2D eigenvalue weighted by Crippen LogP contribution is 2.50. The van der Waals surface area contributed by atoms with E-state index in [2.05, 4.69) is 20.7 Å². The van der Waals surface area contributed by atoms with Gasteiger partial charge in [-0.3, -0.25) is 9.59 Å². The van der Waals surface area contributed by atoms with Crippen LogP contribution in [0.2, 0.25) is 6.32 Å². The van der Waals surface area contributed by atoms with Crippen molar-refractivity contribution >= 4 is 52.6 Å². The van der Waals surface area contributed by atoms with E-state index in [1.54, 1.807) is 12.1 Å². The average Bonchev–Trinajstić information content (AvgIpc) is 3.17. The highest BCUT2D eigenvalue weighted by Gasteiger charge is 2.58. The van der Waals surface area contributed by atoms with Crippen molar-refractivity contribution in [3.63, 3.8) is 0 Å². The predicted molar refractivity (Wildman–Crippen MR) is 149 cm³/mol. The number of halogens is 1. The number of phenolic OH excluding ortho intramolecular Hbond substituents is 1. The fraction of sp³-hybridized carbons (Fsp3) is 0.345. The van der Waals surface area contributed by atoms with Crippen molar-refractivity contribution < 1.29 is 33.9 Å². The number of hydrogen-bond acceptors (Lipinski definition) is 7. The van der Waals surface area contributed by atoms with Crippen LogP contribution in [0.4, 0.5) is 4.79 Å². The minimum atomic E-state index is -1.11. The molecule has 2 saturated heterocycles. The molecule has 10 heteroatoms. The molecule has 5 rings (SSSR count). The highest BCUT2D eigenvalue weighted by atomic mass is 79.9. The molecule has 2 aliphatic heterocycles. The number of nitrogens with zero attached hydrogens (tertiary/aromatic N) is 1. The van der Waals surface area contributed by atoms with Crippen LogP contribution >= 0.6 is 15.9 Å². The number of carbonyl (C=O) groups is 3. The number of aromatic hydroxyl groups is 1. The quantitative estimate of drug-likeness (QED) is 0.216. The molecule has 0 spiro atoms. The molecule has 0 saturated carbocycles. The summed E-state index contributed by atoms with van der Waals surface area (Å²) in [5.74, 6) is -2.77. The first-order chi connectivity index (χ1) is 18.7. The Labute approximate surface area is 235 Å². The molecule has 202 valence electrons. The van der Waals surface area contributed by atoms with E-state index in [4.69, 9.17) is 4.65 Å². The molecule has 1 aliphatic carbocycles. The van der Waals surface area contributed by atoms with Gasteiger partial charge < -0.3 is 19.5 Å². The Kier molecular flexibility index (Phi) is 7.80. The number of methoxy groups -OCH3 is 1. The molecule has 8 nitrogen and oxygen atoms in total. The predicted octanol–water partition coefficient (Wildman–Crippen LogP) is 5.06. The Morgan fingerprint density at radius 3 is 2.64 bits per heavy atom. The Morgan fingerprint density at radius 1 is 1.18 bits per heavy atom. The van der Waals surface area contributed by atoms with Gasteiger partial charge >= 0.3 is 13.2 Å². The van der Waals surface area contributed by atoms with E-state index in [-0.39, 0.29) is 12.1 Å². The molecular formula is C29H29BBrNO7. The van der Waals surface area contributed by atoms with Gasteiger partial charge in [0.1, 0.15) is 5.75 Å². The third-order valence-electron chi connectivity index (χ3n) is 7.95. The van der Waals surface area contributed by atoms with E-state index < -0.39 is 48.9 Å². The Hall–Kier alpha value is -3.21. The van der Waals surface area contributed by atoms with Gasteiger partial charge in [-0.25, -0.2) is 4.79 Å². The standard InChI is InChI=1S/C29H29BBrNO7/c1-16-12-21-26(28(35)32(27(21)34)29(36)38-2)22-15-30(37)39-24(25(16)22)11-8-18(17-6-4-3-5-7-17)13-19-14-20(31)9-10-23(19)33/h3-7,9-10,13-14,21-22,24,26,33,37H,8,11-12,15H2,1-2H3/b18-13-/t21-,22+,24-,26-/m1/s1. The van der Waals surface area contributed by atoms with Crippen molar-refractivity contribution in [1.29, 1.82) is 0 Å². The van der Waals surface area contributed by atoms with Crippen molar-refractivity contribution in [2.24, 2.45) is 17.8 Å². The van der Waals surface area contributed by atoms with Gasteiger partial charge in [-0.1, -0.05) is 51.8 Å². The van der Waals surface area contributed by atoms with Gasteiger partial charge in [-0.2, -0.15) is 4.90 Å². The maximum atomic E-state index is 13.3. The van der Waals surface area contributed by atoms with Gasteiger partial charge in [-0.15, -0.1) is 0 Å². The number of rotatable bonds is 5. The van der Waals surface area contributed by atoms with E-state index in [9.17, 15) is 24.5 Å². The Morgan fingerprint density at radius 2 is 1.92 bits per heavy atom. The third-order valence-corrected chi connectivity index (χ3v) is 8.44. The number of carbonyl (C=O) groups excluding carboxylic acids is 3. The number of imide groups is 3. The zero-order chi connectivity index (χ0) is 27.8. The van der Waals surface area contributed by atoms with Gasteiger partial charge in [0.2, 0.25) is 11.8 Å². The molecule has 39 heavy (non-hydrogen) atoms. The van der Waals surface area contributed by atoms with E-state index in [1.165, 1.54) is 0 Å². The highest BCUT2D eigenvalue weighted by molar-refractivity contribution is 9.10. The zero-order valence-electron chi connectivity index (χ0n) is 21.7. The lowest BCUT2D eigenvalue weighted by Gasteiger charge is -2.42. The number of allylic oxidation sites excluding steroid dienone is 2. The number of benzene rings is 2. The minimum absolute atomic E-state index is 0.160. The number of phenols is 1. The van der Waals surface area contributed by atoms with E-state index in [0.717, 1.165) is 33.9 Å². The largest absolute Gasteiger partial charge is 0.507 e. The summed E-state index contributed by atoms with van der Waals surface area (Å²) < 4.78 is 11.6. The van der Waals surface area contributed by atoms with E-state index in [0.29, 0.717) is 29.7 Å². The topological polar surface area (TPSA) is 113 Å². The summed E-state index contributed by atoms with van der Waals surface area (Å²) in [5.41, 5.74) is 4.50. The van der Waals surface area contributed by atoms with Crippen LogP contribution in [0.1, 0.15) is 37.3 Å². The van der Waals surface area contributed by atoms with Gasteiger partial charge in [0.15, 0.2) is 0 Å². The molecule has 2 aromatic carbocycles. The van der Waals surface area contributed by atoms with Crippen molar-refractivity contribution in [3.8, 4) is 5.75 Å². The summed E-state index contributed by atoms with van der Waals surface area (Å²) in [4.78, 5) is 39.1. The Bertz CT molecular complexity index is 1370. The maximum Gasteiger partial charge on any atom is 0.455 e. The van der Waals surface area contributed by atoms with Crippen molar-refractivity contribution in [2.75, 3.05) is 7.11 Å². The van der Waals surface area contributed by atoms with E-state index in [1.807, 2.05) is 49.4 Å². The van der Waals surface area contributed by atoms with E-state index >= 15 is 0 Å². The molecule has 0 radical (unpaired) electrons. The lowest BCUT2D eigenvalue weighted by molar-refractivity contribution is -0.137. The minimum Gasteiger partial charge on any atom is -0.507 e. The van der Waals surface area contributed by atoms with Crippen LogP contribution in [-0.2, 0) is 19.0 Å². The summed E-state index contributed by atoms with van der Waals surface area (Å²) in [6, 6.07) is 15.1. The van der Waals surface area contributed by atoms with Crippen LogP contribution in [0, 0.1) is 17.8 Å². The average molecular weight is 594 g/mol. The molecule has 0 aromatic heterocycles. The molecule has 2 aromatic rings. The number of likely N-dealkylation sites (tertiary alicyclic amines) is 1. The third kappa shape index (κ3) is 5.20. The molecule has 2 heterocycles. The first kappa shape index (κ1) is 27.4. The summed E-state index contributed by atoms with van der Waals surface area (Å²) in [7, 11) is 0.0309. The van der Waals surface area contributed by atoms with Gasteiger partial charge in [-0.05, 0) is 79.4 Å². The molecule has 3 amide bonds. The molecule has 0 unspecified atom stereocenters. The fourth-order valence-corrected chi connectivity index (χ4v) is 6.64. The van der Waals surface area contributed by atoms with Crippen molar-refractivity contribution in [3.05, 3.63) is 75.3 Å². The van der Waals surface area contributed by atoms with Crippen LogP contribution in [0.3, 0.4) is 0 Å². The second kappa shape index (κ2) is 11.1. The second-order valence-corrected chi connectivity index (χ2v) is 11.2. The number of amides is 3. The smallest absolute Gasteiger partial charge is 0.455 e. The van der Waals surface area contributed by atoms with Crippen molar-refractivity contribution in [1.82, 2.24) is 4.90 Å². The second-order valence-electron chi connectivity index (χ2n) is 10.3. The molecule has 2 fully saturated rings. The SMILES string of the molecule is COC(=O)N1C(=O)[C@@H]2[C@@H](CC(C)=C3[C@@H](CC/C(=C/c4cc(Br)ccc4O)c4ccccc4)OB(O)C[C@@H]32)C1=O. The van der Waals surface area contributed by atoms with Crippen LogP contribution in [0.15, 0.2) is 64.1 Å². The van der Waals surface area contributed by atoms with Gasteiger partial charge in [0, 0.05) is 10.0 Å². The number of hydrogen-bond donors (Lipinski definition) is 2. The fourth-order valence-electron chi connectivity index (χ4n) is 6.26. The van der Waals surface area contributed by atoms with Crippen LogP contribution in [0.25, 0.3) is 11.6 Å². The lowest BCUT2D eigenvalue weighted by Crippen LogP contribution is -2.46. The summed E-state index contributed by atoms with van der Waals surface area (Å²) in [6.45, 7) is 1.93. The van der Waals surface area contributed by atoms with Crippen LogP contribution in [0.5, 0.6) is 5.75 Å². The first-order valence-electron chi connectivity index (χ1n) is 12.9. The van der Waals surface area contributed by atoms with Crippen LogP contribution in [-0.4, -0.2) is 53.3 Å². The summed E-state index contributed by atoms with van der Waals surface area (Å²) >= 11 is 3.47. The molecule has 0 bridgehead atoms. The molecule has 4 atom stereocenters. The lowest BCUT2D eigenvalue weighted by atomic mass is 9.58.